The Morgan fingerprint density at radius 3 is 1.29 bits per heavy atom. The molecule has 3 nitrogen and oxygen atoms in total. The van der Waals surface area contributed by atoms with Crippen LogP contribution >= 0.6 is 8.25 Å². The summed E-state index contributed by atoms with van der Waals surface area (Å²) in [5.74, 6) is 0. The Morgan fingerprint density at radius 2 is 1.00 bits per heavy atom. The van der Waals surface area contributed by atoms with E-state index in [0.29, 0.717) is 13.2 Å². The van der Waals surface area contributed by atoms with Gasteiger partial charge in [-0.2, -0.15) is 0 Å². The van der Waals surface area contributed by atoms with E-state index in [4.69, 9.17) is 0 Å². The molecule has 0 N–H and O–H groups in total. The largest absolute Gasteiger partial charge is 0.319 e. The zero-order chi connectivity index (χ0) is 16.9. The second-order valence-electron chi connectivity index (χ2n) is 5.41. The third-order valence-electron chi connectivity index (χ3n) is 3.92. The lowest BCUT2D eigenvalue weighted by molar-refractivity contribution is 0.243. The summed E-state index contributed by atoms with van der Waals surface area (Å²) in [6, 6.07) is 21.9. The maximum Gasteiger partial charge on any atom is 0.319 e. The smallest absolute Gasteiger partial charge is 0.311 e. The van der Waals surface area contributed by atoms with Crippen LogP contribution < -0.4 is 0 Å². The molecule has 24 heavy (non-hydrogen) atoms. The molecule has 0 aliphatic rings. The van der Waals surface area contributed by atoms with Crippen LogP contribution in [0.4, 0.5) is 0 Å². The van der Waals surface area contributed by atoms with Crippen LogP contribution in [0.3, 0.4) is 0 Å². The fourth-order valence-electron chi connectivity index (χ4n) is 2.95. The van der Waals surface area contributed by atoms with Gasteiger partial charge in [0.1, 0.15) is 0 Å². The van der Waals surface area contributed by atoms with E-state index >= 15 is 0 Å². The van der Waals surface area contributed by atoms with Crippen LogP contribution in [0.25, 0.3) is 32.3 Å². The molecule has 0 aromatic heterocycles. The Labute approximate surface area is 142 Å². The van der Waals surface area contributed by atoms with Gasteiger partial charge in [0.05, 0.1) is 13.2 Å². The van der Waals surface area contributed by atoms with E-state index in [0.717, 1.165) is 0 Å². The highest BCUT2D eigenvalue weighted by Crippen LogP contribution is 2.33. The lowest BCUT2D eigenvalue weighted by atomic mass is 9.95. The first-order chi connectivity index (χ1) is 11.7. The summed E-state index contributed by atoms with van der Waals surface area (Å²) >= 11 is 0. The molecule has 0 radical (unpaired) electrons. The Hall–Kier alpha value is -1.93. The molecule has 0 aliphatic carbocycles. The number of rotatable bonds is 4. The summed E-state index contributed by atoms with van der Waals surface area (Å²) in [6.07, 6.45) is 0. The molecule has 124 valence electrons. The van der Waals surface area contributed by atoms with E-state index in [1.165, 1.54) is 32.3 Å². The van der Waals surface area contributed by atoms with Crippen molar-refractivity contribution in [3.8, 4) is 0 Å². The van der Waals surface area contributed by atoms with Crippen molar-refractivity contribution in [2.45, 2.75) is 13.8 Å². The van der Waals surface area contributed by atoms with Crippen molar-refractivity contribution in [3.63, 3.8) is 0 Å². The van der Waals surface area contributed by atoms with Gasteiger partial charge in [0.25, 0.3) is 0 Å². The fraction of sp³-hybridized carbons (Fsp3) is 0.200. The van der Waals surface area contributed by atoms with Crippen molar-refractivity contribution in [1.82, 2.24) is 0 Å². The quantitative estimate of drug-likeness (QED) is 0.336. The van der Waals surface area contributed by atoms with Gasteiger partial charge < -0.3 is 9.05 Å². The van der Waals surface area contributed by atoms with Gasteiger partial charge in [-0.25, -0.2) is 0 Å². The number of hydrogen-bond acceptors (Lipinski definition) is 3. The lowest BCUT2D eigenvalue weighted by Crippen LogP contribution is -1.82. The van der Waals surface area contributed by atoms with Crippen LogP contribution in [0.15, 0.2) is 60.7 Å². The maximum absolute atomic E-state index is 10.4. The number of benzene rings is 4. The van der Waals surface area contributed by atoms with E-state index in [2.05, 4.69) is 69.7 Å². The molecular weight excluding hydrogens is 319 g/mol. The van der Waals surface area contributed by atoms with Crippen molar-refractivity contribution in [2.24, 2.45) is 0 Å². The second kappa shape index (κ2) is 7.76. The molecule has 4 aromatic carbocycles. The fourth-order valence-corrected chi connectivity index (χ4v) is 3.50. The zero-order valence-electron chi connectivity index (χ0n) is 13.9. The monoisotopic (exact) mass is 340 g/mol. The normalized spacial score (nSPS) is 11.3. The Morgan fingerprint density at radius 1 is 0.667 bits per heavy atom. The molecule has 0 bridgehead atoms. The topological polar surface area (TPSA) is 35.5 Å². The summed E-state index contributed by atoms with van der Waals surface area (Å²) < 4.78 is 19.6. The van der Waals surface area contributed by atoms with Crippen LogP contribution in [0, 0.1) is 0 Å². The predicted molar refractivity (Wildman–Crippen MR) is 102 cm³/mol. The van der Waals surface area contributed by atoms with Crippen molar-refractivity contribution in [1.29, 1.82) is 0 Å². The van der Waals surface area contributed by atoms with Crippen molar-refractivity contribution >= 4 is 40.6 Å². The highest BCUT2D eigenvalue weighted by molar-refractivity contribution is 7.33. The molecule has 4 rings (SSSR count). The molecule has 0 unspecified atom stereocenters. The molecular formula is C20H21O3P. The Balaban J connectivity index is 0.000000183. The molecule has 0 saturated carbocycles. The third kappa shape index (κ3) is 3.44. The molecule has 0 heterocycles. The van der Waals surface area contributed by atoms with Gasteiger partial charge in [-0.3, -0.25) is 4.57 Å². The van der Waals surface area contributed by atoms with Gasteiger partial charge in [0.15, 0.2) is 0 Å². The minimum Gasteiger partial charge on any atom is -0.311 e. The van der Waals surface area contributed by atoms with Crippen molar-refractivity contribution < 1.29 is 13.6 Å². The van der Waals surface area contributed by atoms with Crippen LogP contribution in [-0.4, -0.2) is 13.2 Å². The third-order valence-corrected chi connectivity index (χ3v) is 4.97. The van der Waals surface area contributed by atoms with Crippen LogP contribution in [0.5, 0.6) is 0 Å². The summed E-state index contributed by atoms with van der Waals surface area (Å²) in [6.45, 7) is 4.47. The summed E-state index contributed by atoms with van der Waals surface area (Å²) in [5, 5.41) is 8.14. The first-order valence-electron chi connectivity index (χ1n) is 8.16. The summed E-state index contributed by atoms with van der Waals surface area (Å²) in [5.41, 5.74) is 0. The number of hydrogen-bond donors (Lipinski definition) is 0. The van der Waals surface area contributed by atoms with E-state index in [-0.39, 0.29) is 0 Å². The van der Waals surface area contributed by atoms with Crippen LogP contribution in [0.2, 0.25) is 0 Å². The molecule has 0 atom stereocenters. The van der Waals surface area contributed by atoms with E-state index < -0.39 is 8.25 Å². The minimum absolute atomic E-state index is 0.456. The molecule has 0 saturated heterocycles. The molecule has 0 spiro atoms. The van der Waals surface area contributed by atoms with Crippen LogP contribution in [0.1, 0.15) is 13.8 Å². The highest BCUT2D eigenvalue weighted by atomic mass is 31.1. The molecule has 0 aliphatic heterocycles. The average Bonchev–Trinajstić information content (AvgIpc) is 2.61. The summed E-state index contributed by atoms with van der Waals surface area (Å²) in [4.78, 5) is 0. The van der Waals surface area contributed by atoms with E-state index in [1.54, 1.807) is 13.8 Å². The molecule has 0 amide bonds. The van der Waals surface area contributed by atoms with E-state index in [1.807, 2.05) is 0 Å². The average molecular weight is 340 g/mol. The van der Waals surface area contributed by atoms with Gasteiger partial charge in [-0.05, 0) is 46.2 Å². The Bertz CT molecular complexity index is 827. The van der Waals surface area contributed by atoms with E-state index in [9.17, 15) is 4.57 Å². The van der Waals surface area contributed by atoms with Gasteiger partial charge in [-0.1, -0.05) is 60.7 Å². The minimum atomic E-state index is -2.14. The first-order valence-corrected chi connectivity index (χ1v) is 9.39. The predicted octanol–water partition coefficient (Wildman–Crippen LogP) is 6.03. The molecule has 0 fully saturated rings. The highest BCUT2D eigenvalue weighted by Gasteiger charge is 2.05. The molecule has 4 heteroatoms. The Kier molecular flexibility index (Phi) is 5.47. The van der Waals surface area contributed by atoms with Crippen LogP contribution in [-0.2, 0) is 13.6 Å². The van der Waals surface area contributed by atoms with Crippen molar-refractivity contribution in [2.75, 3.05) is 13.2 Å². The SMILES string of the molecule is CCO[PH](=O)OCC.c1cc2ccc3cccc4ccc(c1)c2c34. The zero-order valence-corrected chi connectivity index (χ0v) is 14.9. The maximum atomic E-state index is 10.4. The van der Waals surface area contributed by atoms with Gasteiger partial charge in [0, 0.05) is 0 Å². The molecule has 4 aromatic rings. The lowest BCUT2D eigenvalue weighted by Gasteiger charge is -2.09. The first kappa shape index (κ1) is 16.9. The standard InChI is InChI=1S/C16H10.C4H11O3P/c1-3-11-7-9-13-5-2-6-14-10-8-12(4-1)15(11)16(13)14;1-3-6-8(5)7-4-2/h1-10H;8H,3-4H2,1-2H3. The summed E-state index contributed by atoms with van der Waals surface area (Å²) in [7, 11) is -2.14. The van der Waals surface area contributed by atoms with Crippen molar-refractivity contribution in [3.05, 3.63) is 60.7 Å². The van der Waals surface area contributed by atoms with Gasteiger partial charge in [0.2, 0.25) is 0 Å². The van der Waals surface area contributed by atoms with Gasteiger partial charge >= 0.3 is 8.25 Å². The van der Waals surface area contributed by atoms with Gasteiger partial charge in [-0.15, -0.1) is 0 Å². The second-order valence-corrected chi connectivity index (χ2v) is 6.48.